The van der Waals surface area contributed by atoms with Crippen molar-refractivity contribution in [2.75, 3.05) is 20.1 Å². The number of nitrogens with one attached hydrogen (secondary N) is 1. The largest absolute Gasteiger partial charge is 0.353 e. The molecule has 3 N–H and O–H groups in total. The molecule has 0 aliphatic carbocycles. The summed E-state index contributed by atoms with van der Waals surface area (Å²) in [5.74, 6) is 5.12. The van der Waals surface area contributed by atoms with Crippen LogP contribution in [0.1, 0.15) is 25.0 Å². The van der Waals surface area contributed by atoms with Gasteiger partial charge in [0, 0.05) is 18.2 Å². The van der Waals surface area contributed by atoms with Crippen molar-refractivity contribution in [2.24, 2.45) is 5.73 Å². The fourth-order valence-corrected chi connectivity index (χ4v) is 1.95. The molecule has 0 aliphatic rings. The fourth-order valence-electron chi connectivity index (χ4n) is 1.95. The van der Waals surface area contributed by atoms with Gasteiger partial charge in [0.05, 0.1) is 13.1 Å². The van der Waals surface area contributed by atoms with Gasteiger partial charge >= 0.3 is 0 Å². The van der Waals surface area contributed by atoms with Gasteiger partial charge in [0.1, 0.15) is 5.82 Å². The van der Waals surface area contributed by atoms with Gasteiger partial charge in [-0.1, -0.05) is 11.8 Å². The van der Waals surface area contributed by atoms with Crippen molar-refractivity contribution in [3.05, 3.63) is 35.1 Å². The lowest BCUT2D eigenvalue weighted by Crippen LogP contribution is -2.38. The van der Waals surface area contributed by atoms with E-state index < -0.39 is 0 Å². The van der Waals surface area contributed by atoms with Crippen LogP contribution in [0.5, 0.6) is 0 Å². The van der Waals surface area contributed by atoms with Crippen LogP contribution in [0.2, 0.25) is 0 Å². The van der Waals surface area contributed by atoms with E-state index in [-0.39, 0.29) is 30.9 Å². The first-order valence-corrected chi connectivity index (χ1v) is 6.87. The van der Waals surface area contributed by atoms with Crippen molar-refractivity contribution in [1.29, 1.82) is 0 Å². The van der Waals surface area contributed by atoms with Gasteiger partial charge in [-0.3, -0.25) is 9.69 Å². The Morgan fingerprint density at radius 3 is 2.76 bits per heavy atom. The number of rotatable bonds is 5. The third-order valence-electron chi connectivity index (χ3n) is 2.61. The zero-order valence-corrected chi connectivity index (χ0v) is 12.7. The number of benzene rings is 1. The van der Waals surface area contributed by atoms with Crippen LogP contribution in [0.15, 0.2) is 18.2 Å². The van der Waals surface area contributed by atoms with E-state index in [0.29, 0.717) is 12.1 Å². The highest BCUT2D eigenvalue weighted by molar-refractivity contribution is 5.78. The van der Waals surface area contributed by atoms with Crippen molar-refractivity contribution >= 4 is 5.91 Å². The van der Waals surface area contributed by atoms with Crippen LogP contribution < -0.4 is 11.1 Å². The maximum Gasteiger partial charge on any atom is 0.234 e. The summed E-state index contributed by atoms with van der Waals surface area (Å²) < 4.78 is 13.5. The molecule has 21 heavy (non-hydrogen) atoms. The predicted octanol–water partition coefficient (Wildman–Crippen LogP) is 1.09. The fraction of sp³-hybridized carbons (Fsp3) is 0.438. The van der Waals surface area contributed by atoms with Gasteiger partial charge in [-0.25, -0.2) is 4.39 Å². The van der Waals surface area contributed by atoms with Gasteiger partial charge in [-0.15, -0.1) is 0 Å². The van der Waals surface area contributed by atoms with Crippen molar-refractivity contribution in [2.45, 2.75) is 26.4 Å². The summed E-state index contributed by atoms with van der Waals surface area (Å²) in [6, 6.07) is 4.74. The molecule has 0 saturated heterocycles. The van der Waals surface area contributed by atoms with Crippen molar-refractivity contribution < 1.29 is 9.18 Å². The second kappa shape index (κ2) is 8.40. The minimum Gasteiger partial charge on any atom is -0.353 e. The third-order valence-corrected chi connectivity index (χ3v) is 2.61. The number of hydrogen-bond acceptors (Lipinski definition) is 3. The van der Waals surface area contributed by atoms with Crippen LogP contribution in [0.4, 0.5) is 4.39 Å². The van der Waals surface area contributed by atoms with E-state index in [1.165, 1.54) is 12.1 Å². The molecule has 0 atom stereocenters. The molecule has 0 bridgehead atoms. The summed E-state index contributed by atoms with van der Waals surface area (Å²) in [4.78, 5) is 13.5. The topological polar surface area (TPSA) is 58.4 Å². The molecule has 4 nitrogen and oxygen atoms in total. The van der Waals surface area contributed by atoms with E-state index in [1.807, 2.05) is 31.9 Å². The summed E-state index contributed by atoms with van der Waals surface area (Å²) in [5.41, 5.74) is 6.67. The maximum absolute atomic E-state index is 13.5. The summed E-state index contributed by atoms with van der Waals surface area (Å²) in [5, 5.41) is 2.82. The SMILES string of the molecule is CC(C)NC(=O)CN(C)Cc1cc(F)cc(C#CCN)c1. The van der Waals surface area contributed by atoms with E-state index in [2.05, 4.69) is 17.2 Å². The molecule has 5 heteroatoms. The normalized spacial score (nSPS) is 10.4. The number of hydrogen-bond donors (Lipinski definition) is 2. The second-order valence-electron chi connectivity index (χ2n) is 5.25. The molecule has 0 aliphatic heterocycles. The zero-order valence-electron chi connectivity index (χ0n) is 12.7. The van der Waals surface area contributed by atoms with Crippen molar-refractivity contribution in [3.8, 4) is 11.8 Å². The minimum absolute atomic E-state index is 0.0490. The standard InChI is InChI=1S/C16H22FN3O/c1-12(2)19-16(21)11-20(3)10-14-7-13(5-4-6-18)8-15(17)9-14/h7-9,12H,6,10-11,18H2,1-3H3,(H,19,21). The molecule has 0 saturated carbocycles. The first-order valence-electron chi connectivity index (χ1n) is 6.87. The van der Waals surface area contributed by atoms with Gasteiger partial charge in [-0.2, -0.15) is 0 Å². The van der Waals surface area contributed by atoms with Crippen LogP contribution in [0.3, 0.4) is 0 Å². The molecule has 1 aromatic rings. The minimum atomic E-state index is -0.339. The number of carbonyl (C=O) groups excluding carboxylic acids is 1. The average Bonchev–Trinajstić information content (AvgIpc) is 2.34. The number of amides is 1. The van der Waals surface area contributed by atoms with Crippen LogP contribution >= 0.6 is 0 Å². The predicted molar refractivity (Wildman–Crippen MR) is 81.9 cm³/mol. The smallest absolute Gasteiger partial charge is 0.234 e. The lowest BCUT2D eigenvalue weighted by molar-refractivity contribution is -0.122. The summed E-state index contributed by atoms with van der Waals surface area (Å²) >= 11 is 0. The number of likely N-dealkylation sites (N-methyl/N-ethyl adjacent to an activating group) is 1. The molecule has 0 fully saturated rings. The molecule has 1 rings (SSSR count). The third kappa shape index (κ3) is 6.89. The Kier molecular flexibility index (Phi) is 6.86. The highest BCUT2D eigenvalue weighted by atomic mass is 19.1. The van der Waals surface area contributed by atoms with Gasteiger partial charge in [-0.05, 0) is 44.7 Å². The number of nitrogens with two attached hydrogens (primary N) is 1. The van der Waals surface area contributed by atoms with Gasteiger partial charge in [0.25, 0.3) is 0 Å². The molecule has 1 aromatic carbocycles. The Labute approximate surface area is 125 Å². The molecule has 0 heterocycles. The van der Waals surface area contributed by atoms with Crippen LogP contribution in [0, 0.1) is 17.7 Å². The first-order chi connectivity index (χ1) is 9.90. The summed E-state index contributed by atoms with van der Waals surface area (Å²) in [7, 11) is 1.82. The lowest BCUT2D eigenvalue weighted by Gasteiger charge is -2.17. The van der Waals surface area contributed by atoms with Gasteiger partial charge in [0.15, 0.2) is 0 Å². The van der Waals surface area contributed by atoms with Crippen molar-refractivity contribution in [1.82, 2.24) is 10.2 Å². The molecule has 0 spiro atoms. The van der Waals surface area contributed by atoms with Crippen LogP contribution in [-0.4, -0.2) is 37.0 Å². The van der Waals surface area contributed by atoms with Crippen molar-refractivity contribution in [3.63, 3.8) is 0 Å². The zero-order chi connectivity index (χ0) is 15.8. The molecule has 0 radical (unpaired) electrons. The van der Waals surface area contributed by atoms with E-state index in [0.717, 1.165) is 5.56 Å². The van der Waals surface area contributed by atoms with Crippen LogP contribution in [0.25, 0.3) is 0 Å². The molecule has 0 aromatic heterocycles. The number of halogens is 1. The summed E-state index contributed by atoms with van der Waals surface area (Å²) in [6.45, 7) is 4.79. The molecule has 114 valence electrons. The highest BCUT2D eigenvalue weighted by Crippen LogP contribution is 2.10. The van der Waals surface area contributed by atoms with E-state index in [4.69, 9.17) is 5.73 Å². The Balaban J connectivity index is 2.69. The number of carbonyl (C=O) groups is 1. The Morgan fingerprint density at radius 2 is 2.14 bits per heavy atom. The van der Waals surface area contributed by atoms with Gasteiger partial charge in [0.2, 0.25) is 5.91 Å². The van der Waals surface area contributed by atoms with Crippen LogP contribution in [-0.2, 0) is 11.3 Å². The van der Waals surface area contributed by atoms with E-state index in [1.54, 1.807) is 0 Å². The Hall–Kier alpha value is -1.90. The Morgan fingerprint density at radius 1 is 1.43 bits per heavy atom. The van der Waals surface area contributed by atoms with E-state index >= 15 is 0 Å². The van der Waals surface area contributed by atoms with E-state index in [9.17, 15) is 9.18 Å². The molecular weight excluding hydrogens is 269 g/mol. The monoisotopic (exact) mass is 291 g/mol. The molecular formula is C16H22FN3O. The highest BCUT2D eigenvalue weighted by Gasteiger charge is 2.09. The number of nitrogens with zero attached hydrogens (tertiary/aromatic N) is 1. The Bertz CT molecular complexity index is 546. The average molecular weight is 291 g/mol. The summed E-state index contributed by atoms with van der Waals surface area (Å²) in [6.07, 6.45) is 0. The quantitative estimate of drug-likeness (QED) is 0.799. The lowest BCUT2D eigenvalue weighted by atomic mass is 10.1. The first kappa shape index (κ1) is 17.2. The molecule has 0 unspecified atom stereocenters. The van der Waals surface area contributed by atoms with Gasteiger partial charge < -0.3 is 11.1 Å². The second-order valence-corrected chi connectivity index (χ2v) is 5.25. The molecule has 1 amide bonds. The maximum atomic E-state index is 13.5.